The molecule has 1 N–H and O–H groups in total. The van der Waals surface area contributed by atoms with E-state index in [0.717, 1.165) is 0 Å². The molecule has 1 aliphatic heterocycles. The third-order valence-corrected chi connectivity index (χ3v) is 4.61. The van der Waals surface area contributed by atoms with Crippen molar-refractivity contribution in [2.75, 3.05) is 30.0 Å². The SMILES string of the molecule is CCOc1ccc(NC(=O)COC(=O)[C@@H]2CC(=O)N(c3cccc(Cl)c3)C2)cc1. The maximum absolute atomic E-state index is 12.3. The highest BCUT2D eigenvalue weighted by Gasteiger charge is 2.36. The zero-order chi connectivity index (χ0) is 20.8. The molecule has 3 rings (SSSR count). The Kier molecular flexibility index (Phi) is 6.72. The molecule has 2 aromatic rings. The lowest BCUT2D eigenvalue weighted by Crippen LogP contribution is -2.28. The van der Waals surface area contributed by atoms with Gasteiger partial charge in [-0.3, -0.25) is 14.4 Å². The van der Waals surface area contributed by atoms with Gasteiger partial charge in [0.25, 0.3) is 5.91 Å². The number of hydrogen-bond acceptors (Lipinski definition) is 5. The van der Waals surface area contributed by atoms with Crippen LogP contribution in [0.4, 0.5) is 11.4 Å². The van der Waals surface area contributed by atoms with Crippen LogP contribution in [0.5, 0.6) is 5.75 Å². The van der Waals surface area contributed by atoms with Crippen LogP contribution in [0.1, 0.15) is 13.3 Å². The Morgan fingerprint density at radius 2 is 1.97 bits per heavy atom. The Morgan fingerprint density at radius 3 is 2.66 bits per heavy atom. The Bertz CT molecular complexity index is 900. The Hall–Kier alpha value is -3.06. The van der Waals surface area contributed by atoms with Gasteiger partial charge in [0.15, 0.2) is 6.61 Å². The summed E-state index contributed by atoms with van der Waals surface area (Å²) in [7, 11) is 0. The van der Waals surface area contributed by atoms with Crippen LogP contribution >= 0.6 is 11.6 Å². The largest absolute Gasteiger partial charge is 0.494 e. The minimum Gasteiger partial charge on any atom is -0.494 e. The van der Waals surface area contributed by atoms with E-state index in [-0.39, 0.29) is 18.9 Å². The van der Waals surface area contributed by atoms with E-state index < -0.39 is 24.4 Å². The summed E-state index contributed by atoms with van der Waals surface area (Å²) in [5.74, 6) is -1.15. The average molecular weight is 417 g/mol. The maximum atomic E-state index is 12.3. The van der Waals surface area contributed by atoms with Crippen molar-refractivity contribution in [2.24, 2.45) is 5.92 Å². The molecule has 29 heavy (non-hydrogen) atoms. The molecule has 0 radical (unpaired) electrons. The van der Waals surface area contributed by atoms with Gasteiger partial charge in [0, 0.05) is 29.4 Å². The minimum atomic E-state index is -0.625. The molecule has 152 valence electrons. The lowest BCUT2D eigenvalue weighted by atomic mass is 10.1. The molecule has 0 unspecified atom stereocenters. The normalized spacial score (nSPS) is 15.9. The zero-order valence-corrected chi connectivity index (χ0v) is 16.6. The number of carbonyl (C=O) groups excluding carboxylic acids is 3. The smallest absolute Gasteiger partial charge is 0.311 e. The average Bonchev–Trinajstić information content (AvgIpc) is 3.10. The van der Waals surface area contributed by atoms with Gasteiger partial charge in [-0.25, -0.2) is 0 Å². The second-order valence-electron chi connectivity index (χ2n) is 6.50. The van der Waals surface area contributed by atoms with Gasteiger partial charge in [0.2, 0.25) is 5.91 Å². The van der Waals surface area contributed by atoms with Crippen LogP contribution in [0, 0.1) is 5.92 Å². The van der Waals surface area contributed by atoms with Crippen LogP contribution in [0.25, 0.3) is 0 Å². The number of amides is 2. The molecule has 0 aliphatic carbocycles. The molecule has 0 spiro atoms. The fourth-order valence-electron chi connectivity index (χ4n) is 3.01. The molecule has 2 amide bonds. The van der Waals surface area contributed by atoms with E-state index in [0.29, 0.717) is 28.8 Å². The molecule has 2 aromatic carbocycles. The van der Waals surface area contributed by atoms with Crippen molar-refractivity contribution < 1.29 is 23.9 Å². The first kappa shape index (κ1) is 20.7. The van der Waals surface area contributed by atoms with Crippen molar-refractivity contribution >= 4 is 40.8 Å². The summed E-state index contributed by atoms with van der Waals surface area (Å²) in [6.07, 6.45) is 0.0336. The molecule has 0 saturated carbocycles. The summed E-state index contributed by atoms with van der Waals surface area (Å²) in [4.78, 5) is 38.0. The molecular formula is C21H21ClN2O5. The van der Waals surface area contributed by atoms with Gasteiger partial charge in [-0.1, -0.05) is 17.7 Å². The van der Waals surface area contributed by atoms with Gasteiger partial charge in [-0.15, -0.1) is 0 Å². The third-order valence-electron chi connectivity index (χ3n) is 4.37. The summed E-state index contributed by atoms with van der Waals surface area (Å²) >= 11 is 5.96. The quantitative estimate of drug-likeness (QED) is 0.700. The summed E-state index contributed by atoms with van der Waals surface area (Å²) < 4.78 is 10.4. The summed E-state index contributed by atoms with van der Waals surface area (Å²) in [5, 5.41) is 3.15. The van der Waals surface area contributed by atoms with Gasteiger partial charge in [-0.2, -0.15) is 0 Å². The lowest BCUT2D eigenvalue weighted by Gasteiger charge is -2.16. The van der Waals surface area contributed by atoms with Crippen molar-refractivity contribution in [1.29, 1.82) is 0 Å². The van der Waals surface area contributed by atoms with Gasteiger partial charge < -0.3 is 19.7 Å². The first-order valence-electron chi connectivity index (χ1n) is 9.21. The predicted octanol–water partition coefficient (Wildman–Crippen LogP) is 3.27. The van der Waals surface area contributed by atoms with Crippen molar-refractivity contribution in [3.05, 3.63) is 53.6 Å². The molecule has 0 aromatic heterocycles. The first-order valence-corrected chi connectivity index (χ1v) is 9.59. The number of benzene rings is 2. The van der Waals surface area contributed by atoms with E-state index in [1.165, 1.54) is 4.90 Å². The monoisotopic (exact) mass is 416 g/mol. The summed E-state index contributed by atoms with van der Waals surface area (Å²) in [5.41, 5.74) is 1.20. The van der Waals surface area contributed by atoms with Gasteiger partial charge in [0.05, 0.1) is 12.5 Å². The standard InChI is InChI=1S/C21H21ClN2O5/c1-2-28-18-8-6-16(7-9-18)23-19(25)13-29-21(27)14-10-20(26)24(12-14)17-5-3-4-15(22)11-17/h3-9,11,14H,2,10,12-13H2,1H3,(H,23,25)/t14-/m1/s1. The van der Waals surface area contributed by atoms with Crippen molar-refractivity contribution in [3.63, 3.8) is 0 Å². The number of carbonyl (C=O) groups is 3. The maximum Gasteiger partial charge on any atom is 0.311 e. The lowest BCUT2D eigenvalue weighted by molar-refractivity contribution is -0.151. The van der Waals surface area contributed by atoms with Crippen molar-refractivity contribution in [1.82, 2.24) is 0 Å². The number of esters is 1. The van der Waals surface area contributed by atoms with Crippen LogP contribution in [-0.4, -0.2) is 37.5 Å². The van der Waals surface area contributed by atoms with Crippen LogP contribution < -0.4 is 15.0 Å². The van der Waals surface area contributed by atoms with E-state index in [9.17, 15) is 14.4 Å². The molecule has 0 bridgehead atoms. The Labute approximate surface area is 173 Å². The van der Waals surface area contributed by atoms with E-state index >= 15 is 0 Å². The Morgan fingerprint density at radius 1 is 1.21 bits per heavy atom. The molecule has 8 heteroatoms. The number of rotatable bonds is 7. The topological polar surface area (TPSA) is 84.9 Å². The van der Waals surface area contributed by atoms with Gasteiger partial charge in [-0.05, 0) is 49.4 Å². The predicted molar refractivity (Wildman–Crippen MR) is 109 cm³/mol. The van der Waals surface area contributed by atoms with E-state index in [1.807, 2.05) is 6.92 Å². The fraction of sp³-hybridized carbons (Fsp3) is 0.286. The molecule has 1 saturated heterocycles. The number of nitrogens with one attached hydrogen (secondary N) is 1. The number of halogens is 1. The zero-order valence-electron chi connectivity index (χ0n) is 15.9. The summed E-state index contributed by atoms with van der Waals surface area (Å²) in [6.45, 7) is 2.21. The molecule has 1 fully saturated rings. The molecular weight excluding hydrogens is 396 g/mol. The van der Waals surface area contributed by atoms with E-state index in [1.54, 1.807) is 48.5 Å². The number of ether oxygens (including phenoxy) is 2. The number of nitrogens with zero attached hydrogens (tertiary/aromatic N) is 1. The van der Waals surface area contributed by atoms with Gasteiger partial charge in [0.1, 0.15) is 5.75 Å². The second kappa shape index (κ2) is 9.43. The number of hydrogen-bond donors (Lipinski definition) is 1. The van der Waals surface area contributed by atoms with Crippen molar-refractivity contribution in [3.8, 4) is 5.75 Å². The van der Waals surface area contributed by atoms with Crippen molar-refractivity contribution in [2.45, 2.75) is 13.3 Å². The third kappa shape index (κ3) is 5.48. The van der Waals surface area contributed by atoms with Gasteiger partial charge >= 0.3 is 5.97 Å². The van der Waals surface area contributed by atoms with Crippen LogP contribution in [0.3, 0.4) is 0 Å². The molecule has 1 aliphatic rings. The van der Waals surface area contributed by atoms with Crippen LogP contribution in [0.2, 0.25) is 5.02 Å². The minimum absolute atomic E-state index is 0.0336. The fourth-order valence-corrected chi connectivity index (χ4v) is 3.20. The molecule has 7 nitrogen and oxygen atoms in total. The van der Waals surface area contributed by atoms with Crippen LogP contribution in [0.15, 0.2) is 48.5 Å². The highest BCUT2D eigenvalue weighted by molar-refractivity contribution is 6.31. The Balaban J connectivity index is 1.49. The summed E-state index contributed by atoms with van der Waals surface area (Å²) in [6, 6.07) is 13.7. The van der Waals surface area contributed by atoms with E-state index in [2.05, 4.69) is 5.32 Å². The highest BCUT2D eigenvalue weighted by atomic mass is 35.5. The molecule has 1 atom stereocenters. The first-order chi connectivity index (χ1) is 14.0. The highest BCUT2D eigenvalue weighted by Crippen LogP contribution is 2.27. The molecule has 1 heterocycles. The van der Waals surface area contributed by atoms with E-state index in [4.69, 9.17) is 21.1 Å². The number of anilines is 2. The second-order valence-corrected chi connectivity index (χ2v) is 6.93. The van der Waals surface area contributed by atoms with Crippen LogP contribution in [-0.2, 0) is 19.1 Å².